The van der Waals surface area contributed by atoms with E-state index < -0.39 is 41.5 Å². The average molecular weight is 446 g/mol. The number of halogens is 2. The second kappa shape index (κ2) is 7.19. The summed E-state index contributed by atoms with van der Waals surface area (Å²) in [6, 6.07) is 9.84. The van der Waals surface area contributed by atoms with Crippen LogP contribution >= 0.6 is 10.7 Å². The lowest BCUT2D eigenvalue weighted by Crippen LogP contribution is -2.21. The molecule has 28 heavy (non-hydrogen) atoms. The summed E-state index contributed by atoms with van der Waals surface area (Å²) in [6.45, 7) is 1.31. The molecule has 0 aliphatic heterocycles. The Bertz CT molecular complexity index is 1280. The summed E-state index contributed by atoms with van der Waals surface area (Å²) in [5, 5.41) is -0.349. The lowest BCUT2D eigenvalue weighted by atomic mass is 10.2. The van der Waals surface area contributed by atoms with E-state index in [0.29, 0.717) is 3.97 Å². The number of ether oxygens (including phenoxy) is 1. The molecule has 7 nitrogen and oxygen atoms in total. The first-order valence-electron chi connectivity index (χ1n) is 7.85. The smallest absolute Gasteiger partial charge is 0.357 e. The maximum absolute atomic E-state index is 13.8. The fourth-order valence-electron chi connectivity index (χ4n) is 2.78. The van der Waals surface area contributed by atoms with E-state index >= 15 is 0 Å². The standard InChI is InChI=1S/C17H13ClFNO6S2/c1-2-26-17(21)15-16(27(18,22)23)13-10-11(19)8-9-14(13)20(15)28(24,25)12-6-4-3-5-7-12/h3-10H,2H2,1H3. The number of hydrogen-bond donors (Lipinski definition) is 0. The van der Waals surface area contributed by atoms with E-state index in [1.165, 1.54) is 31.2 Å². The highest BCUT2D eigenvalue weighted by molar-refractivity contribution is 8.14. The molecule has 3 aromatic rings. The van der Waals surface area contributed by atoms with Gasteiger partial charge in [-0.15, -0.1) is 0 Å². The molecule has 0 N–H and O–H groups in total. The first-order chi connectivity index (χ1) is 13.1. The zero-order valence-corrected chi connectivity index (χ0v) is 16.7. The van der Waals surface area contributed by atoms with Crippen LogP contribution in [0.3, 0.4) is 0 Å². The molecular formula is C17H13ClFNO6S2. The molecule has 1 heterocycles. The molecule has 148 valence electrons. The predicted molar refractivity (Wildman–Crippen MR) is 99.9 cm³/mol. The summed E-state index contributed by atoms with van der Waals surface area (Å²) in [7, 11) is -3.60. The second-order valence-electron chi connectivity index (χ2n) is 5.58. The summed E-state index contributed by atoms with van der Waals surface area (Å²) in [4.78, 5) is 11.5. The van der Waals surface area contributed by atoms with Crippen LogP contribution in [-0.2, 0) is 23.8 Å². The Kier molecular flexibility index (Phi) is 5.22. The number of benzene rings is 2. The van der Waals surface area contributed by atoms with Crippen molar-refractivity contribution in [1.29, 1.82) is 0 Å². The van der Waals surface area contributed by atoms with Gasteiger partial charge >= 0.3 is 5.97 Å². The first kappa shape index (κ1) is 20.3. The van der Waals surface area contributed by atoms with Gasteiger partial charge in [-0.1, -0.05) is 18.2 Å². The molecule has 0 bridgehead atoms. The van der Waals surface area contributed by atoms with Gasteiger partial charge in [-0.05, 0) is 37.3 Å². The fraction of sp³-hybridized carbons (Fsp3) is 0.118. The molecule has 0 amide bonds. The van der Waals surface area contributed by atoms with Crippen molar-refractivity contribution in [2.24, 2.45) is 0 Å². The molecule has 1 aromatic heterocycles. The summed E-state index contributed by atoms with van der Waals surface area (Å²) < 4.78 is 70.0. The van der Waals surface area contributed by atoms with Crippen LogP contribution in [0.2, 0.25) is 0 Å². The summed E-state index contributed by atoms with van der Waals surface area (Å²) in [6.07, 6.45) is 0. The average Bonchev–Trinajstić information content (AvgIpc) is 2.98. The Morgan fingerprint density at radius 3 is 2.32 bits per heavy atom. The molecule has 0 atom stereocenters. The molecule has 0 aliphatic rings. The van der Waals surface area contributed by atoms with E-state index in [1.807, 2.05) is 0 Å². The number of carbonyl (C=O) groups excluding carboxylic acids is 1. The van der Waals surface area contributed by atoms with Gasteiger partial charge in [0.2, 0.25) is 0 Å². The quantitative estimate of drug-likeness (QED) is 0.442. The van der Waals surface area contributed by atoms with Gasteiger partial charge in [0, 0.05) is 16.1 Å². The van der Waals surface area contributed by atoms with Crippen molar-refractivity contribution in [3.05, 3.63) is 60.0 Å². The maximum Gasteiger partial charge on any atom is 0.357 e. The van der Waals surface area contributed by atoms with E-state index in [9.17, 15) is 26.0 Å². The Morgan fingerprint density at radius 2 is 1.75 bits per heavy atom. The fourth-order valence-corrected chi connectivity index (χ4v) is 5.67. The molecule has 0 saturated heterocycles. The van der Waals surface area contributed by atoms with E-state index in [1.54, 1.807) is 6.07 Å². The zero-order chi connectivity index (χ0) is 20.7. The SMILES string of the molecule is CCOC(=O)c1c(S(=O)(=O)Cl)c2cc(F)ccc2n1S(=O)(=O)c1ccccc1. The number of esters is 1. The van der Waals surface area contributed by atoms with Gasteiger partial charge in [-0.25, -0.2) is 30.0 Å². The van der Waals surface area contributed by atoms with Crippen LogP contribution in [0.15, 0.2) is 58.3 Å². The van der Waals surface area contributed by atoms with E-state index in [2.05, 4.69) is 0 Å². The molecular weight excluding hydrogens is 433 g/mol. The Balaban J connectivity index is 2.56. The topological polar surface area (TPSA) is 99.5 Å². The highest BCUT2D eigenvalue weighted by Gasteiger charge is 2.36. The maximum atomic E-state index is 13.8. The highest BCUT2D eigenvalue weighted by Crippen LogP contribution is 2.36. The van der Waals surface area contributed by atoms with Crippen molar-refractivity contribution in [3.8, 4) is 0 Å². The minimum atomic E-state index is -4.64. The van der Waals surface area contributed by atoms with Gasteiger partial charge in [0.15, 0.2) is 5.69 Å². The molecule has 0 saturated carbocycles. The van der Waals surface area contributed by atoms with Crippen molar-refractivity contribution in [1.82, 2.24) is 3.97 Å². The van der Waals surface area contributed by atoms with Crippen LogP contribution < -0.4 is 0 Å². The molecule has 11 heteroatoms. The number of carbonyl (C=O) groups is 1. The monoisotopic (exact) mass is 445 g/mol. The van der Waals surface area contributed by atoms with Gasteiger partial charge in [-0.2, -0.15) is 0 Å². The number of rotatable bonds is 5. The Hall–Kier alpha value is -2.43. The molecule has 0 spiro atoms. The predicted octanol–water partition coefficient (Wildman–Crippen LogP) is 3.12. The van der Waals surface area contributed by atoms with Crippen LogP contribution in [-0.4, -0.2) is 33.4 Å². The summed E-state index contributed by atoms with van der Waals surface area (Å²) in [5.41, 5.74) is -1.05. The van der Waals surface area contributed by atoms with Crippen molar-refractivity contribution in [3.63, 3.8) is 0 Å². The van der Waals surface area contributed by atoms with Gasteiger partial charge < -0.3 is 4.74 Å². The summed E-state index contributed by atoms with van der Waals surface area (Å²) >= 11 is 0. The largest absolute Gasteiger partial charge is 0.461 e. The molecule has 2 aromatic carbocycles. The van der Waals surface area contributed by atoms with Crippen molar-refractivity contribution in [2.75, 3.05) is 6.61 Å². The minimum absolute atomic E-state index is 0.151. The third-order valence-electron chi connectivity index (χ3n) is 3.83. The molecule has 0 fully saturated rings. The van der Waals surface area contributed by atoms with Crippen LogP contribution in [0, 0.1) is 5.82 Å². The Labute approximate surface area is 164 Å². The van der Waals surface area contributed by atoms with E-state index in [0.717, 1.165) is 18.2 Å². The van der Waals surface area contributed by atoms with Crippen molar-refractivity contribution in [2.45, 2.75) is 16.7 Å². The number of fused-ring (bicyclic) bond motifs is 1. The normalized spacial score (nSPS) is 12.2. The molecule has 0 unspecified atom stereocenters. The molecule has 3 rings (SSSR count). The van der Waals surface area contributed by atoms with Crippen LogP contribution in [0.5, 0.6) is 0 Å². The van der Waals surface area contributed by atoms with Gasteiger partial charge in [-0.3, -0.25) is 0 Å². The lowest BCUT2D eigenvalue weighted by molar-refractivity contribution is 0.0514. The molecule has 0 aliphatic carbocycles. The van der Waals surface area contributed by atoms with E-state index in [-0.39, 0.29) is 22.4 Å². The van der Waals surface area contributed by atoms with Crippen LogP contribution in [0.4, 0.5) is 4.39 Å². The first-order valence-corrected chi connectivity index (χ1v) is 11.6. The van der Waals surface area contributed by atoms with Crippen LogP contribution in [0.25, 0.3) is 10.9 Å². The number of aromatic nitrogens is 1. The highest BCUT2D eigenvalue weighted by atomic mass is 35.7. The zero-order valence-electron chi connectivity index (χ0n) is 14.3. The van der Waals surface area contributed by atoms with E-state index in [4.69, 9.17) is 15.4 Å². The van der Waals surface area contributed by atoms with Crippen LogP contribution in [0.1, 0.15) is 17.4 Å². The number of nitrogens with zero attached hydrogens (tertiary/aromatic N) is 1. The number of hydrogen-bond acceptors (Lipinski definition) is 6. The Morgan fingerprint density at radius 1 is 1.11 bits per heavy atom. The lowest BCUT2D eigenvalue weighted by Gasteiger charge is -2.11. The van der Waals surface area contributed by atoms with Gasteiger partial charge in [0.1, 0.15) is 10.7 Å². The second-order valence-corrected chi connectivity index (χ2v) is 9.87. The van der Waals surface area contributed by atoms with Gasteiger partial charge in [0.25, 0.3) is 19.1 Å². The summed E-state index contributed by atoms with van der Waals surface area (Å²) in [5.74, 6) is -2.06. The van der Waals surface area contributed by atoms with Gasteiger partial charge in [0.05, 0.1) is 17.0 Å². The third-order valence-corrected chi connectivity index (χ3v) is 6.93. The minimum Gasteiger partial charge on any atom is -0.461 e. The van der Waals surface area contributed by atoms with Crippen molar-refractivity contribution < 1.29 is 30.8 Å². The van der Waals surface area contributed by atoms with Crippen molar-refractivity contribution >= 4 is 46.6 Å². The third kappa shape index (κ3) is 3.38. The molecule has 0 radical (unpaired) electrons.